The SMILES string of the molecule is CCNC(=O)C1(Cc2cccc(-c3cccnc3)c2)CCCN(C(=O)Cc2cccnc2)C1. The third-order valence-corrected chi connectivity index (χ3v) is 6.29. The van der Waals surface area contributed by atoms with Crippen LogP contribution < -0.4 is 5.32 Å². The van der Waals surface area contributed by atoms with Gasteiger partial charge in [-0.3, -0.25) is 19.6 Å². The Bertz CT molecular complexity index is 1090. The summed E-state index contributed by atoms with van der Waals surface area (Å²) in [7, 11) is 0. The van der Waals surface area contributed by atoms with E-state index in [1.807, 2.05) is 48.4 Å². The number of pyridine rings is 2. The molecule has 1 aromatic carbocycles. The molecular formula is C27H30N4O2. The lowest BCUT2D eigenvalue weighted by Crippen LogP contribution is -2.54. The Labute approximate surface area is 195 Å². The molecule has 1 unspecified atom stereocenters. The summed E-state index contributed by atoms with van der Waals surface area (Å²) in [5, 5.41) is 3.03. The maximum Gasteiger partial charge on any atom is 0.228 e. The van der Waals surface area contributed by atoms with Crippen molar-refractivity contribution in [1.82, 2.24) is 20.2 Å². The van der Waals surface area contributed by atoms with Gasteiger partial charge in [0, 0.05) is 44.4 Å². The van der Waals surface area contributed by atoms with Crippen LogP contribution in [-0.2, 0) is 22.4 Å². The highest BCUT2D eigenvalue weighted by Gasteiger charge is 2.43. The van der Waals surface area contributed by atoms with E-state index in [0.29, 0.717) is 32.5 Å². The van der Waals surface area contributed by atoms with Gasteiger partial charge in [-0.2, -0.15) is 0 Å². The molecule has 1 atom stereocenters. The maximum atomic E-state index is 13.3. The first-order chi connectivity index (χ1) is 16.1. The minimum absolute atomic E-state index is 0.0238. The molecule has 170 valence electrons. The lowest BCUT2D eigenvalue weighted by Gasteiger charge is -2.42. The lowest BCUT2D eigenvalue weighted by molar-refractivity contribution is -0.141. The van der Waals surface area contributed by atoms with Crippen LogP contribution in [0.1, 0.15) is 30.9 Å². The van der Waals surface area contributed by atoms with Crippen LogP contribution in [-0.4, -0.2) is 46.3 Å². The van der Waals surface area contributed by atoms with Crippen molar-refractivity contribution >= 4 is 11.8 Å². The van der Waals surface area contributed by atoms with Gasteiger partial charge in [-0.25, -0.2) is 0 Å². The molecule has 0 saturated carbocycles. The van der Waals surface area contributed by atoms with E-state index in [1.54, 1.807) is 18.6 Å². The Morgan fingerprint density at radius 3 is 2.48 bits per heavy atom. The fourth-order valence-corrected chi connectivity index (χ4v) is 4.68. The van der Waals surface area contributed by atoms with Gasteiger partial charge >= 0.3 is 0 Å². The van der Waals surface area contributed by atoms with Crippen LogP contribution in [0.3, 0.4) is 0 Å². The predicted octanol–water partition coefficient (Wildman–Crippen LogP) is 3.67. The van der Waals surface area contributed by atoms with Crippen molar-refractivity contribution in [2.45, 2.75) is 32.6 Å². The summed E-state index contributed by atoms with van der Waals surface area (Å²) in [4.78, 5) is 36.6. The van der Waals surface area contributed by atoms with Gasteiger partial charge < -0.3 is 10.2 Å². The van der Waals surface area contributed by atoms with Gasteiger partial charge in [0.15, 0.2) is 0 Å². The zero-order chi connectivity index (χ0) is 23.1. The summed E-state index contributed by atoms with van der Waals surface area (Å²) in [5.41, 5.74) is 3.45. The van der Waals surface area contributed by atoms with Gasteiger partial charge in [0.25, 0.3) is 0 Å². The van der Waals surface area contributed by atoms with Crippen LogP contribution in [0, 0.1) is 5.41 Å². The smallest absolute Gasteiger partial charge is 0.228 e. The molecule has 6 heteroatoms. The minimum Gasteiger partial charge on any atom is -0.356 e. The lowest BCUT2D eigenvalue weighted by atomic mass is 9.74. The Kier molecular flexibility index (Phi) is 7.13. The largest absolute Gasteiger partial charge is 0.356 e. The van der Waals surface area contributed by atoms with E-state index < -0.39 is 5.41 Å². The van der Waals surface area contributed by atoms with Gasteiger partial charge in [-0.05, 0) is 60.6 Å². The fourth-order valence-electron chi connectivity index (χ4n) is 4.68. The number of carbonyl (C=O) groups excluding carboxylic acids is 2. The molecule has 33 heavy (non-hydrogen) atoms. The van der Waals surface area contributed by atoms with Gasteiger partial charge in [0.2, 0.25) is 11.8 Å². The number of aromatic nitrogens is 2. The van der Waals surface area contributed by atoms with Crippen molar-refractivity contribution in [3.8, 4) is 11.1 Å². The second-order valence-corrected chi connectivity index (χ2v) is 8.72. The van der Waals surface area contributed by atoms with Crippen molar-refractivity contribution in [2.24, 2.45) is 5.41 Å². The number of likely N-dealkylation sites (tertiary alicyclic amines) is 1. The number of amides is 2. The first-order valence-electron chi connectivity index (χ1n) is 11.5. The molecule has 0 aliphatic carbocycles. The van der Waals surface area contributed by atoms with Crippen LogP contribution in [0.4, 0.5) is 0 Å². The standard InChI is InChI=1S/C27H30N4O2/c1-2-30-26(33)27(17-21-7-3-9-23(15-21)24-10-5-13-29-19-24)11-6-14-31(20-27)25(32)16-22-8-4-12-28-18-22/h3-5,7-10,12-13,15,18-19H,2,6,11,14,16-17,20H2,1H3,(H,30,33). The number of nitrogens with zero attached hydrogens (tertiary/aromatic N) is 3. The van der Waals surface area contributed by atoms with Crippen LogP contribution >= 0.6 is 0 Å². The highest BCUT2D eigenvalue weighted by atomic mass is 16.2. The fraction of sp³-hybridized carbons (Fsp3) is 0.333. The molecule has 1 N–H and O–H groups in total. The molecular weight excluding hydrogens is 412 g/mol. The van der Waals surface area contributed by atoms with Crippen LogP contribution in [0.15, 0.2) is 73.3 Å². The topological polar surface area (TPSA) is 75.2 Å². The van der Waals surface area contributed by atoms with Gasteiger partial charge in [-0.1, -0.05) is 36.4 Å². The molecule has 1 fully saturated rings. The summed E-state index contributed by atoms with van der Waals surface area (Å²) in [6, 6.07) is 16.0. The Balaban J connectivity index is 1.57. The highest BCUT2D eigenvalue weighted by molar-refractivity contribution is 5.85. The molecule has 4 rings (SSSR count). The molecule has 1 aliphatic heterocycles. The first kappa shape index (κ1) is 22.6. The summed E-state index contributed by atoms with van der Waals surface area (Å²) in [6.45, 7) is 3.60. The van der Waals surface area contributed by atoms with Crippen molar-refractivity contribution in [1.29, 1.82) is 0 Å². The van der Waals surface area contributed by atoms with Gasteiger partial charge in [0.05, 0.1) is 11.8 Å². The van der Waals surface area contributed by atoms with E-state index in [9.17, 15) is 9.59 Å². The third-order valence-electron chi connectivity index (χ3n) is 6.29. The van der Waals surface area contributed by atoms with Crippen molar-refractivity contribution in [3.63, 3.8) is 0 Å². The molecule has 1 saturated heterocycles. The van der Waals surface area contributed by atoms with E-state index in [4.69, 9.17) is 0 Å². The van der Waals surface area contributed by atoms with Crippen LogP contribution in [0.2, 0.25) is 0 Å². The Hall–Kier alpha value is -3.54. The van der Waals surface area contributed by atoms with Crippen molar-refractivity contribution in [2.75, 3.05) is 19.6 Å². The van der Waals surface area contributed by atoms with Crippen molar-refractivity contribution in [3.05, 3.63) is 84.4 Å². The van der Waals surface area contributed by atoms with E-state index in [2.05, 4.69) is 33.5 Å². The number of nitrogens with one attached hydrogen (secondary N) is 1. The second-order valence-electron chi connectivity index (χ2n) is 8.72. The molecule has 3 heterocycles. The Morgan fingerprint density at radius 1 is 1.00 bits per heavy atom. The van der Waals surface area contributed by atoms with E-state index >= 15 is 0 Å². The van der Waals surface area contributed by atoms with E-state index in [-0.39, 0.29) is 11.8 Å². The summed E-state index contributed by atoms with van der Waals surface area (Å²) >= 11 is 0. The van der Waals surface area contributed by atoms with Crippen molar-refractivity contribution < 1.29 is 9.59 Å². The molecule has 0 spiro atoms. The van der Waals surface area contributed by atoms with Crippen LogP contribution in [0.25, 0.3) is 11.1 Å². The summed E-state index contributed by atoms with van der Waals surface area (Å²) in [5.74, 6) is 0.0659. The molecule has 2 amide bonds. The maximum absolute atomic E-state index is 13.3. The van der Waals surface area contributed by atoms with Gasteiger partial charge in [-0.15, -0.1) is 0 Å². The number of benzene rings is 1. The molecule has 0 bridgehead atoms. The van der Waals surface area contributed by atoms with E-state index in [0.717, 1.165) is 35.1 Å². The number of hydrogen-bond acceptors (Lipinski definition) is 4. The zero-order valence-corrected chi connectivity index (χ0v) is 19.0. The minimum atomic E-state index is -0.646. The predicted molar refractivity (Wildman–Crippen MR) is 128 cm³/mol. The highest BCUT2D eigenvalue weighted by Crippen LogP contribution is 2.35. The molecule has 0 radical (unpaired) electrons. The molecule has 3 aromatic rings. The monoisotopic (exact) mass is 442 g/mol. The first-order valence-corrected chi connectivity index (χ1v) is 11.5. The van der Waals surface area contributed by atoms with Crippen LogP contribution in [0.5, 0.6) is 0 Å². The normalized spacial score (nSPS) is 18.0. The number of hydrogen-bond donors (Lipinski definition) is 1. The molecule has 2 aromatic heterocycles. The molecule has 6 nitrogen and oxygen atoms in total. The third kappa shape index (κ3) is 5.45. The zero-order valence-electron chi connectivity index (χ0n) is 19.0. The average Bonchev–Trinajstić information content (AvgIpc) is 2.85. The van der Waals surface area contributed by atoms with E-state index in [1.165, 1.54) is 0 Å². The number of piperidine rings is 1. The van der Waals surface area contributed by atoms with Gasteiger partial charge in [0.1, 0.15) is 0 Å². The number of carbonyl (C=O) groups is 2. The second kappa shape index (κ2) is 10.4. The Morgan fingerprint density at radius 2 is 1.76 bits per heavy atom. The quantitative estimate of drug-likeness (QED) is 0.606. The summed E-state index contributed by atoms with van der Waals surface area (Å²) < 4.78 is 0. The molecule has 1 aliphatic rings. The number of rotatable bonds is 7. The summed E-state index contributed by atoms with van der Waals surface area (Å²) in [6.07, 6.45) is 9.48. The average molecular weight is 443 g/mol.